The molecule has 0 aliphatic heterocycles. The van der Waals surface area contributed by atoms with Crippen molar-refractivity contribution in [2.75, 3.05) is 0 Å². The van der Waals surface area contributed by atoms with Crippen LogP contribution in [-0.2, 0) is 0 Å². The second kappa shape index (κ2) is 11.3. The van der Waals surface area contributed by atoms with E-state index in [2.05, 4.69) is 84.9 Å². The number of hydrogen-bond donors (Lipinski definition) is 0. The third-order valence-corrected chi connectivity index (χ3v) is 9.10. The van der Waals surface area contributed by atoms with Crippen LogP contribution in [-0.4, -0.2) is 15.0 Å². The number of hydrogen-bond acceptors (Lipinski definition) is 4. The second-order valence-corrected chi connectivity index (χ2v) is 11.9. The van der Waals surface area contributed by atoms with Crippen molar-refractivity contribution in [3.05, 3.63) is 163 Å². The lowest BCUT2D eigenvalue weighted by Crippen LogP contribution is -2.00. The maximum Gasteiger partial charge on any atom is 0.164 e. The van der Waals surface area contributed by atoms with E-state index in [9.17, 15) is 5.26 Å². The van der Waals surface area contributed by atoms with Crippen LogP contribution in [0.5, 0.6) is 0 Å². The fourth-order valence-corrected chi connectivity index (χ4v) is 6.90. The van der Waals surface area contributed by atoms with E-state index in [0.29, 0.717) is 23.0 Å². The first-order valence-electron chi connectivity index (χ1n) is 15.9. The molecule has 0 N–H and O–H groups in total. The van der Waals surface area contributed by atoms with Gasteiger partial charge in [0, 0.05) is 16.7 Å². The van der Waals surface area contributed by atoms with Crippen LogP contribution in [0.4, 0.5) is 0 Å². The number of nitriles is 1. The summed E-state index contributed by atoms with van der Waals surface area (Å²) in [7, 11) is 0. The van der Waals surface area contributed by atoms with Crippen LogP contribution >= 0.6 is 0 Å². The third-order valence-electron chi connectivity index (χ3n) is 9.10. The molecule has 0 fully saturated rings. The van der Waals surface area contributed by atoms with Gasteiger partial charge in [0.15, 0.2) is 17.5 Å². The monoisotopic (exact) mass is 610 g/mol. The molecule has 0 bridgehead atoms. The zero-order valence-electron chi connectivity index (χ0n) is 25.8. The van der Waals surface area contributed by atoms with Crippen LogP contribution in [0.25, 0.3) is 89.4 Å². The van der Waals surface area contributed by atoms with Gasteiger partial charge in [-0.3, -0.25) is 0 Å². The minimum atomic E-state index is 0.616. The van der Waals surface area contributed by atoms with Crippen LogP contribution in [0.2, 0.25) is 0 Å². The van der Waals surface area contributed by atoms with Gasteiger partial charge in [0.1, 0.15) is 0 Å². The largest absolute Gasteiger partial charge is 0.208 e. The quantitative estimate of drug-likeness (QED) is 0.194. The number of benzene rings is 7. The lowest BCUT2D eigenvalue weighted by Gasteiger charge is -2.16. The summed E-state index contributed by atoms with van der Waals surface area (Å²) in [4.78, 5) is 14.9. The van der Waals surface area contributed by atoms with Crippen LogP contribution in [0, 0.1) is 11.3 Å². The highest BCUT2D eigenvalue weighted by atomic mass is 15.0. The Morgan fingerprint density at radius 2 is 0.750 bits per heavy atom. The number of rotatable bonds is 5. The van der Waals surface area contributed by atoms with Crippen molar-refractivity contribution in [2.24, 2.45) is 0 Å². The van der Waals surface area contributed by atoms with Crippen molar-refractivity contribution in [1.29, 1.82) is 5.26 Å². The molecule has 0 atom stereocenters. The first kappa shape index (κ1) is 27.6. The van der Waals surface area contributed by atoms with E-state index in [1.165, 1.54) is 33.0 Å². The number of nitrogens with zero attached hydrogens (tertiary/aromatic N) is 4. The SMILES string of the molecule is N#Cc1cccc(-c2ccc3c4c(ccc(-c5cccc(-c6nc(-c7ccccc7)nc(-c7ccccc7)n6)c5)c24)-c2ccccc2-3)c1. The maximum atomic E-state index is 9.73. The molecule has 48 heavy (non-hydrogen) atoms. The Balaban J connectivity index is 1.27. The zero-order chi connectivity index (χ0) is 32.0. The fourth-order valence-electron chi connectivity index (χ4n) is 6.90. The molecule has 0 spiro atoms. The summed E-state index contributed by atoms with van der Waals surface area (Å²) in [6.07, 6.45) is 0. The molecule has 1 aliphatic rings. The van der Waals surface area contributed by atoms with Crippen molar-refractivity contribution in [1.82, 2.24) is 15.0 Å². The van der Waals surface area contributed by atoms with Gasteiger partial charge in [-0.2, -0.15) is 5.26 Å². The summed E-state index contributed by atoms with van der Waals surface area (Å²) < 4.78 is 0. The smallest absolute Gasteiger partial charge is 0.164 e. The average Bonchev–Trinajstić information content (AvgIpc) is 3.50. The van der Waals surface area contributed by atoms with E-state index in [-0.39, 0.29) is 0 Å². The lowest BCUT2D eigenvalue weighted by molar-refractivity contribution is 1.07. The summed E-state index contributed by atoms with van der Waals surface area (Å²) in [5, 5.41) is 12.1. The zero-order valence-corrected chi connectivity index (χ0v) is 25.8. The predicted molar refractivity (Wildman–Crippen MR) is 194 cm³/mol. The molecule has 1 aliphatic carbocycles. The Morgan fingerprint density at radius 3 is 1.31 bits per heavy atom. The molecule has 9 rings (SSSR count). The van der Waals surface area contributed by atoms with Crippen molar-refractivity contribution < 1.29 is 0 Å². The third kappa shape index (κ3) is 4.57. The second-order valence-electron chi connectivity index (χ2n) is 11.9. The van der Waals surface area contributed by atoms with E-state index in [0.717, 1.165) is 38.9 Å². The van der Waals surface area contributed by atoms with Gasteiger partial charge in [-0.1, -0.05) is 140 Å². The summed E-state index contributed by atoms with van der Waals surface area (Å²) in [6.45, 7) is 0. The van der Waals surface area contributed by atoms with E-state index in [1.807, 2.05) is 78.9 Å². The van der Waals surface area contributed by atoms with Crippen LogP contribution in [0.15, 0.2) is 158 Å². The highest BCUT2D eigenvalue weighted by Gasteiger charge is 2.25. The van der Waals surface area contributed by atoms with Crippen LogP contribution in [0.3, 0.4) is 0 Å². The molecular weight excluding hydrogens is 585 g/mol. The highest BCUT2D eigenvalue weighted by Crippen LogP contribution is 2.52. The molecule has 8 aromatic rings. The molecule has 0 saturated heterocycles. The number of fused-ring (bicyclic) bond motifs is 3. The Labute approximate surface area is 278 Å². The molecular formula is C44H26N4. The molecule has 222 valence electrons. The first-order chi connectivity index (χ1) is 23.7. The summed E-state index contributed by atoms with van der Waals surface area (Å²) in [6, 6.07) is 56.3. The van der Waals surface area contributed by atoms with Gasteiger partial charge in [0.25, 0.3) is 0 Å². The molecule has 0 saturated carbocycles. The lowest BCUT2D eigenvalue weighted by atomic mass is 9.88. The van der Waals surface area contributed by atoms with Crippen molar-refractivity contribution in [3.63, 3.8) is 0 Å². The molecule has 7 aromatic carbocycles. The van der Waals surface area contributed by atoms with Gasteiger partial charge in [0.05, 0.1) is 11.6 Å². The summed E-state index contributed by atoms with van der Waals surface area (Å²) in [5.74, 6) is 1.88. The predicted octanol–water partition coefficient (Wildman–Crippen LogP) is 10.9. The summed E-state index contributed by atoms with van der Waals surface area (Å²) >= 11 is 0. The molecule has 4 nitrogen and oxygen atoms in total. The van der Waals surface area contributed by atoms with Crippen LogP contribution in [0.1, 0.15) is 5.56 Å². The van der Waals surface area contributed by atoms with Gasteiger partial charge in [-0.05, 0) is 73.5 Å². The van der Waals surface area contributed by atoms with Crippen molar-refractivity contribution in [2.45, 2.75) is 0 Å². The van der Waals surface area contributed by atoms with Crippen molar-refractivity contribution >= 4 is 10.8 Å². The minimum absolute atomic E-state index is 0.616. The van der Waals surface area contributed by atoms with Crippen molar-refractivity contribution in [3.8, 4) is 84.7 Å². The average molecular weight is 611 g/mol. The van der Waals surface area contributed by atoms with Gasteiger partial charge in [-0.15, -0.1) is 0 Å². The van der Waals surface area contributed by atoms with E-state index < -0.39 is 0 Å². The minimum Gasteiger partial charge on any atom is -0.208 e. The fraction of sp³-hybridized carbons (Fsp3) is 0. The first-order valence-corrected chi connectivity index (χ1v) is 15.9. The Morgan fingerprint density at radius 1 is 0.333 bits per heavy atom. The standard InChI is InChI=1S/C44H26N4/c45-27-28-11-9-16-31(25-28)34-21-23-38-36-19-7-8-20-37(36)39-24-22-35(40(34)41(38)39)32-17-10-18-33(26-32)44-47-42(29-12-3-1-4-13-29)46-43(48-44)30-14-5-2-6-15-30/h1-26H. The number of aromatic nitrogens is 3. The van der Waals surface area contributed by atoms with E-state index in [1.54, 1.807) is 0 Å². The van der Waals surface area contributed by atoms with E-state index >= 15 is 0 Å². The van der Waals surface area contributed by atoms with Gasteiger partial charge in [-0.25, -0.2) is 15.0 Å². The Kier molecular flexibility index (Phi) is 6.48. The normalized spacial score (nSPS) is 11.3. The topological polar surface area (TPSA) is 62.5 Å². The molecule has 1 heterocycles. The summed E-state index contributed by atoms with van der Waals surface area (Å²) in [5.41, 5.74) is 12.7. The van der Waals surface area contributed by atoms with Crippen LogP contribution < -0.4 is 0 Å². The molecule has 1 aromatic heterocycles. The molecule has 0 radical (unpaired) electrons. The van der Waals surface area contributed by atoms with Gasteiger partial charge >= 0.3 is 0 Å². The van der Waals surface area contributed by atoms with Gasteiger partial charge in [0.2, 0.25) is 0 Å². The Hall–Kier alpha value is -6.70. The molecule has 4 heteroatoms. The van der Waals surface area contributed by atoms with Gasteiger partial charge < -0.3 is 0 Å². The van der Waals surface area contributed by atoms with E-state index in [4.69, 9.17) is 15.0 Å². The molecule has 0 amide bonds. The highest BCUT2D eigenvalue weighted by molar-refractivity contribution is 6.22. The molecule has 0 unspecified atom stereocenters. The Bertz CT molecular complexity index is 2480. The maximum absolute atomic E-state index is 9.73.